The molecule has 1 atom stereocenters. The van der Waals surface area contributed by atoms with E-state index in [9.17, 15) is 8.78 Å². The van der Waals surface area contributed by atoms with Gasteiger partial charge in [-0.05, 0) is 54.3 Å². The number of benzene rings is 1. The molecule has 0 aromatic heterocycles. The van der Waals surface area contributed by atoms with Gasteiger partial charge in [0.2, 0.25) is 0 Å². The van der Waals surface area contributed by atoms with Gasteiger partial charge in [-0.25, -0.2) is 8.78 Å². The highest BCUT2D eigenvalue weighted by Gasteiger charge is 2.18. The van der Waals surface area contributed by atoms with Crippen molar-refractivity contribution in [1.29, 1.82) is 0 Å². The molecule has 1 fully saturated rings. The van der Waals surface area contributed by atoms with Crippen molar-refractivity contribution in [3.05, 3.63) is 28.2 Å². The van der Waals surface area contributed by atoms with Crippen LogP contribution in [0.5, 0.6) is 0 Å². The van der Waals surface area contributed by atoms with Crippen LogP contribution in [0.3, 0.4) is 0 Å². The first kappa shape index (κ1) is 14.7. The molecule has 5 heteroatoms. The molecule has 1 N–H and O–H groups in total. The van der Waals surface area contributed by atoms with Gasteiger partial charge in [0.25, 0.3) is 0 Å². The number of nitrogens with zero attached hydrogens (tertiary/aromatic N) is 1. The molecule has 2 rings (SSSR count). The first-order valence-corrected chi connectivity index (χ1v) is 7.53. The Morgan fingerprint density at radius 3 is 2.79 bits per heavy atom. The number of likely N-dealkylation sites (tertiary alicyclic amines) is 1. The van der Waals surface area contributed by atoms with Gasteiger partial charge in [0.15, 0.2) is 0 Å². The Bertz CT molecular complexity index is 416. The molecule has 0 amide bonds. The lowest BCUT2D eigenvalue weighted by Gasteiger charge is -2.20. The number of halogens is 3. The lowest BCUT2D eigenvalue weighted by Crippen LogP contribution is -2.26. The molecule has 1 unspecified atom stereocenters. The zero-order valence-corrected chi connectivity index (χ0v) is 12.6. The molecule has 19 heavy (non-hydrogen) atoms. The summed E-state index contributed by atoms with van der Waals surface area (Å²) in [5.41, 5.74) is 0.372. The van der Waals surface area contributed by atoms with Gasteiger partial charge in [0, 0.05) is 23.1 Å². The third-order valence-electron chi connectivity index (χ3n) is 3.62. The van der Waals surface area contributed by atoms with Gasteiger partial charge < -0.3 is 10.2 Å². The molecule has 0 spiro atoms. The van der Waals surface area contributed by atoms with Crippen molar-refractivity contribution < 1.29 is 8.78 Å². The molecule has 1 aliphatic heterocycles. The highest BCUT2D eigenvalue weighted by Crippen LogP contribution is 2.29. The molecule has 1 aromatic rings. The Balaban J connectivity index is 2.05. The molecule has 1 saturated heterocycles. The highest BCUT2D eigenvalue weighted by molar-refractivity contribution is 9.10. The normalized spacial score (nSPS) is 21.2. The molecule has 0 aliphatic carbocycles. The lowest BCUT2D eigenvalue weighted by molar-refractivity contribution is 0.300. The average molecular weight is 333 g/mol. The van der Waals surface area contributed by atoms with E-state index in [4.69, 9.17) is 0 Å². The molecule has 1 aliphatic rings. The van der Waals surface area contributed by atoms with Crippen LogP contribution in [-0.2, 0) is 0 Å². The third-order valence-corrected chi connectivity index (χ3v) is 4.25. The Morgan fingerprint density at radius 2 is 2.11 bits per heavy atom. The number of hydrogen-bond donors (Lipinski definition) is 1. The summed E-state index contributed by atoms with van der Waals surface area (Å²) < 4.78 is 27.3. The van der Waals surface area contributed by atoms with Gasteiger partial charge in [-0.3, -0.25) is 0 Å². The van der Waals surface area contributed by atoms with E-state index in [1.54, 1.807) is 0 Å². The van der Waals surface area contributed by atoms with Crippen LogP contribution in [0.2, 0.25) is 0 Å². The fourth-order valence-corrected chi connectivity index (χ4v) is 3.02. The van der Waals surface area contributed by atoms with Crippen LogP contribution in [0.1, 0.15) is 26.2 Å². The Hall–Kier alpha value is -0.680. The predicted molar refractivity (Wildman–Crippen MR) is 77.4 cm³/mol. The topological polar surface area (TPSA) is 15.3 Å². The second kappa shape index (κ2) is 6.66. The maximum atomic E-state index is 13.8. The van der Waals surface area contributed by atoms with E-state index in [1.807, 2.05) is 0 Å². The minimum absolute atomic E-state index is 0.243. The maximum Gasteiger partial charge on any atom is 0.150 e. The summed E-state index contributed by atoms with van der Waals surface area (Å²) in [6.45, 7) is 5.33. The van der Waals surface area contributed by atoms with Gasteiger partial charge >= 0.3 is 0 Å². The summed E-state index contributed by atoms with van der Waals surface area (Å²) >= 11 is 3.22. The van der Waals surface area contributed by atoms with E-state index in [0.717, 1.165) is 45.0 Å². The third kappa shape index (κ3) is 3.89. The van der Waals surface area contributed by atoms with E-state index in [1.165, 1.54) is 6.07 Å². The largest absolute Gasteiger partial charge is 0.379 e. The van der Waals surface area contributed by atoms with E-state index in [0.29, 0.717) is 10.2 Å². The summed E-state index contributed by atoms with van der Waals surface area (Å²) in [5, 5.41) is 3.21. The van der Waals surface area contributed by atoms with E-state index in [2.05, 4.69) is 33.1 Å². The van der Waals surface area contributed by atoms with Gasteiger partial charge in [-0.15, -0.1) is 0 Å². The lowest BCUT2D eigenvalue weighted by atomic mass is 10.1. The van der Waals surface area contributed by atoms with Gasteiger partial charge in [0.1, 0.15) is 11.6 Å². The number of anilines is 1. The molecule has 1 aromatic carbocycles. The van der Waals surface area contributed by atoms with E-state index >= 15 is 0 Å². The van der Waals surface area contributed by atoms with Crippen LogP contribution >= 0.6 is 15.9 Å². The van der Waals surface area contributed by atoms with Crippen molar-refractivity contribution in [2.24, 2.45) is 0 Å². The zero-order chi connectivity index (χ0) is 13.8. The van der Waals surface area contributed by atoms with Crippen molar-refractivity contribution in [3.63, 3.8) is 0 Å². The van der Waals surface area contributed by atoms with Crippen molar-refractivity contribution in [2.75, 3.05) is 25.0 Å². The van der Waals surface area contributed by atoms with Gasteiger partial charge in [0.05, 0.1) is 5.69 Å². The predicted octanol–water partition coefficient (Wildman–Crippen LogP) is 4.01. The van der Waals surface area contributed by atoms with Crippen molar-refractivity contribution in [2.45, 2.75) is 32.2 Å². The summed E-state index contributed by atoms with van der Waals surface area (Å²) in [7, 11) is 0. The van der Waals surface area contributed by atoms with Gasteiger partial charge in [-0.2, -0.15) is 0 Å². The van der Waals surface area contributed by atoms with E-state index < -0.39 is 11.6 Å². The number of rotatable bonds is 3. The van der Waals surface area contributed by atoms with Gasteiger partial charge in [-0.1, -0.05) is 6.92 Å². The summed E-state index contributed by atoms with van der Waals surface area (Å²) in [4.78, 5) is 2.40. The van der Waals surface area contributed by atoms with Crippen molar-refractivity contribution in [1.82, 2.24) is 4.90 Å². The summed E-state index contributed by atoms with van der Waals surface area (Å²) in [5.74, 6) is -1.10. The Labute approximate surface area is 121 Å². The fourth-order valence-electron chi connectivity index (χ4n) is 2.50. The van der Waals surface area contributed by atoms with Crippen LogP contribution in [0.15, 0.2) is 16.6 Å². The highest BCUT2D eigenvalue weighted by atomic mass is 79.9. The quantitative estimate of drug-likeness (QED) is 0.899. The van der Waals surface area contributed by atoms with Crippen molar-refractivity contribution >= 4 is 21.6 Å². The standard InChI is InChI=1S/C14H19BrF2N2/c1-2-19-6-3-4-11(5-7-19)18-14-12(15)8-10(16)9-13(14)17/h8-9,11,18H,2-7H2,1H3. The first-order chi connectivity index (χ1) is 9.10. The molecular formula is C14H19BrF2N2. The second-order valence-corrected chi connectivity index (χ2v) is 5.81. The molecular weight excluding hydrogens is 314 g/mol. The second-order valence-electron chi connectivity index (χ2n) is 4.95. The van der Waals surface area contributed by atoms with Crippen LogP contribution in [0.4, 0.5) is 14.5 Å². The zero-order valence-electron chi connectivity index (χ0n) is 11.1. The first-order valence-electron chi connectivity index (χ1n) is 6.73. The molecule has 106 valence electrons. The summed E-state index contributed by atoms with van der Waals surface area (Å²) in [6, 6.07) is 2.45. The van der Waals surface area contributed by atoms with Crippen LogP contribution < -0.4 is 5.32 Å². The Kier molecular flexibility index (Phi) is 5.16. The summed E-state index contributed by atoms with van der Waals surface area (Å²) in [6.07, 6.45) is 3.10. The molecule has 2 nitrogen and oxygen atoms in total. The average Bonchev–Trinajstić information content (AvgIpc) is 2.58. The molecule has 1 heterocycles. The monoisotopic (exact) mass is 332 g/mol. The minimum Gasteiger partial charge on any atom is -0.379 e. The van der Waals surface area contributed by atoms with E-state index in [-0.39, 0.29) is 6.04 Å². The van der Waals surface area contributed by atoms with Crippen LogP contribution in [0, 0.1) is 11.6 Å². The fraction of sp³-hybridized carbons (Fsp3) is 0.571. The van der Waals surface area contributed by atoms with Crippen LogP contribution in [0.25, 0.3) is 0 Å². The Morgan fingerprint density at radius 1 is 1.32 bits per heavy atom. The molecule has 0 bridgehead atoms. The molecule has 0 radical (unpaired) electrons. The van der Waals surface area contributed by atoms with Crippen molar-refractivity contribution in [3.8, 4) is 0 Å². The molecule has 0 saturated carbocycles. The van der Waals surface area contributed by atoms with Crippen LogP contribution in [-0.4, -0.2) is 30.6 Å². The number of hydrogen-bond acceptors (Lipinski definition) is 2. The minimum atomic E-state index is -0.562. The smallest absolute Gasteiger partial charge is 0.150 e. The number of nitrogens with one attached hydrogen (secondary N) is 1. The SMILES string of the molecule is CCN1CCCC(Nc2c(F)cc(F)cc2Br)CC1. The maximum absolute atomic E-state index is 13.8.